The molecule has 0 amide bonds. The molecule has 0 aromatic carbocycles. The highest BCUT2D eigenvalue weighted by atomic mass is 16.5. The molecule has 3 nitrogen and oxygen atoms in total. The van der Waals surface area contributed by atoms with Gasteiger partial charge in [0.15, 0.2) is 0 Å². The Morgan fingerprint density at radius 2 is 1.67 bits per heavy atom. The molecule has 0 radical (unpaired) electrons. The van der Waals surface area contributed by atoms with E-state index in [0.29, 0.717) is 12.2 Å². The van der Waals surface area contributed by atoms with Crippen molar-refractivity contribution in [1.82, 2.24) is 0 Å². The van der Waals surface area contributed by atoms with Crippen LogP contribution in [0.15, 0.2) is 12.2 Å². The van der Waals surface area contributed by atoms with E-state index < -0.39 is 0 Å². The van der Waals surface area contributed by atoms with Crippen molar-refractivity contribution in [3.8, 4) is 0 Å². The van der Waals surface area contributed by atoms with E-state index >= 15 is 0 Å². The first-order chi connectivity index (χ1) is 7.18. The van der Waals surface area contributed by atoms with E-state index in [1.54, 1.807) is 6.92 Å². The van der Waals surface area contributed by atoms with Crippen LogP contribution in [-0.2, 0) is 9.53 Å². The van der Waals surface area contributed by atoms with Gasteiger partial charge in [-0.2, -0.15) is 0 Å². The molecule has 3 heteroatoms. The average Bonchev–Trinajstić information content (AvgIpc) is 2.21. The Bertz CT molecular complexity index is 190. The van der Waals surface area contributed by atoms with E-state index in [1.807, 2.05) is 0 Å². The predicted molar refractivity (Wildman–Crippen MR) is 62.5 cm³/mol. The third-order valence-electron chi connectivity index (χ3n) is 2.18. The number of rotatable bonds is 9. The summed E-state index contributed by atoms with van der Waals surface area (Å²) in [4.78, 5) is 11.0. The maximum absolute atomic E-state index is 11.0. The molecule has 0 aromatic heterocycles. The highest BCUT2D eigenvalue weighted by molar-refractivity contribution is 5.86. The molecule has 88 valence electrons. The summed E-state index contributed by atoms with van der Waals surface area (Å²) in [6.45, 7) is 6.48. The lowest BCUT2D eigenvalue weighted by atomic mass is 10.1. The van der Waals surface area contributed by atoms with Crippen LogP contribution in [0, 0.1) is 0 Å². The van der Waals surface area contributed by atoms with Gasteiger partial charge in [0.05, 0.1) is 6.61 Å². The largest absolute Gasteiger partial charge is 0.462 e. The molecule has 0 unspecified atom stereocenters. The van der Waals surface area contributed by atoms with Crippen molar-refractivity contribution in [3.05, 3.63) is 12.2 Å². The average molecular weight is 213 g/mol. The predicted octanol–water partition coefficient (Wildman–Crippen LogP) is 2.41. The van der Waals surface area contributed by atoms with Gasteiger partial charge in [-0.05, 0) is 26.3 Å². The van der Waals surface area contributed by atoms with Gasteiger partial charge < -0.3 is 10.5 Å². The number of hydrogen-bond donors (Lipinski definition) is 1. The Morgan fingerprint density at radius 3 is 2.20 bits per heavy atom. The molecule has 0 spiro atoms. The zero-order valence-electron chi connectivity index (χ0n) is 9.76. The molecule has 0 heterocycles. The minimum absolute atomic E-state index is 0.280. The molecule has 0 bridgehead atoms. The molecule has 0 rings (SSSR count). The summed E-state index contributed by atoms with van der Waals surface area (Å²) in [6, 6.07) is 0. The van der Waals surface area contributed by atoms with Crippen LogP contribution in [0.4, 0.5) is 0 Å². The first kappa shape index (κ1) is 14.2. The highest BCUT2D eigenvalue weighted by Gasteiger charge is 2.01. The van der Waals surface area contributed by atoms with E-state index in [0.717, 1.165) is 25.8 Å². The first-order valence-electron chi connectivity index (χ1n) is 5.71. The molecule has 0 aromatic rings. The second-order valence-electron chi connectivity index (χ2n) is 3.83. The van der Waals surface area contributed by atoms with Crippen molar-refractivity contribution in [2.75, 3.05) is 13.2 Å². The zero-order valence-corrected chi connectivity index (χ0v) is 9.76. The van der Waals surface area contributed by atoms with Gasteiger partial charge in [0.1, 0.15) is 0 Å². The minimum atomic E-state index is -0.280. The van der Waals surface area contributed by atoms with Crippen LogP contribution in [-0.4, -0.2) is 19.1 Å². The number of nitrogens with two attached hydrogens (primary N) is 1. The molecular weight excluding hydrogens is 190 g/mol. The molecule has 0 fully saturated rings. The number of esters is 1. The summed E-state index contributed by atoms with van der Waals surface area (Å²) >= 11 is 0. The Kier molecular flexibility index (Phi) is 9.18. The van der Waals surface area contributed by atoms with E-state index in [1.165, 1.54) is 19.3 Å². The van der Waals surface area contributed by atoms with Crippen molar-refractivity contribution in [1.29, 1.82) is 0 Å². The minimum Gasteiger partial charge on any atom is -0.462 e. The molecule has 0 saturated carbocycles. The molecule has 0 aliphatic heterocycles. The lowest BCUT2D eigenvalue weighted by Gasteiger charge is -2.04. The number of carbonyl (C=O) groups is 1. The Balaban J connectivity index is 3.11. The van der Waals surface area contributed by atoms with Gasteiger partial charge in [0, 0.05) is 5.57 Å². The number of carbonyl (C=O) groups excluding carboxylic acids is 1. The van der Waals surface area contributed by atoms with Crippen molar-refractivity contribution in [3.63, 3.8) is 0 Å². The summed E-state index contributed by atoms with van der Waals surface area (Å²) in [7, 11) is 0. The maximum atomic E-state index is 11.0. The van der Waals surface area contributed by atoms with Crippen LogP contribution >= 0.6 is 0 Å². The topological polar surface area (TPSA) is 52.3 Å². The van der Waals surface area contributed by atoms with Crippen molar-refractivity contribution >= 4 is 5.97 Å². The standard InChI is InChI=1S/C12H23NO2/c1-11(2)12(14)15-10-8-6-4-3-5-7-9-13/h1,3-10,13H2,2H3. The van der Waals surface area contributed by atoms with Crippen LogP contribution in [0.5, 0.6) is 0 Å². The smallest absolute Gasteiger partial charge is 0.333 e. The van der Waals surface area contributed by atoms with Crippen LogP contribution in [0.2, 0.25) is 0 Å². The van der Waals surface area contributed by atoms with Gasteiger partial charge in [0.25, 0.3) is 0 Å². The van der Waals surface area contributed by atoms with Gasteiger partial charge in [-0.15, -0.1) is 0 Å². The number of hydrogen-bond acceptors (Lipinski definition) is 3. The summed E-state index contributed by atoms with van der Waals surface area (Å²) in [6.07, 6.45) is 6.82. The fourth-order valence-corrected chi connectivity index (χ4v) is 1.24. The molecule has 0 saturated heterocycles. The van der Waals surface area contributed by atoms with Crippen LogP contribution in [0.1, 0.15) is 45.4 Å². The third-order valence-corrected chi connectivity index (χ3v) is 2.18. The molecule has 0 aliphatic rings. The third kappa shape index (κ3) is 9.47. The highest BCUT2D eigenvalue weighted by Crippen LogP contribution is 2.05. The van der Waals surface area contributed by atoms with Gasteiger partial charge in [0.2, 0.25) is 0 Å². The lowest BCUT2D eigenvalue weighted by molar-refractivity contribution is -0.139. The molecule has 0 aliphatic carbocycles. The summed E-state index contributed by atoms with van der Waals surface area (Å²) in [5.41, 5.74) is 5.86. The van der Waals surface area contributed by atoms with E-state index in [2.05, 4.69) is 6.58 Å². The molecular formula is C12H23NO2. The first-order valence-corrected chi connectivity index (χ1v) is 5.71. The van der Waals surface area contributed by atoms with Gasteiger partial charge in [-0.3, -0.25) is 0 Å². The second kappa shape index (κ2) is 9.71. The normalized spacial score (nSPS) is 10.0. The van der Waals surface area contributed by atoms with Crippen LogP contribution in [0.25, 0.3) is 0 Å². The van der Waals surface area contributed by atoms with Gasteiger partial charge in [-0.25, -0.2) is 4.79 Å². The summed E-state index contributed by atoms with van der Waals surface area (Å²) < 4.78 is 4.97. The van der Waals surface area contributed by atoms with E-state index in [4.69, 9.17) is 10.5 Å². The Labute approximate surface area is 92.7 Å². The van der Waals surface area contributed by atoms with Crippen LogP contribution in [0.3, 0.4) is 0 Å². The Morgan fingerprint density at radius 1 is 1.13 bits per heavy atom. The second-order valence-corrected chi connectivity index (χ2v) is 3.83. The van der Waals surface area contributed by atoms with Crippen molar-refractivity contribution < 1.29 is 9.53 Å². The molecule has 2 N–H and O–H groups in total. The molecule has 15 heavy (non-hydrogen) atoms. The van der Waals surface area contributed by atoms with Gasteiger partial charge in [-0.1, -0.05) is 32.3 Å². The van der Waals surface area contributed by atoms with E-state index in [-0.39, 0.29) is 5.97 Å². The summed E-state index contributed by atoms with van der Waals surface area (Å²) in [5, 5.41) is 0. The van der Waals surface area contributed by atoms with Crippen molar-refractivity contribution in [2.24, 2.45) is 5.73 Å². The Hall–Kier alpha value is -0.830. The SMILES string of the molecule is C=C(C)C(=O)OCCCCCCCCN. The number of ether oxygens (including phenoxy) is 1. The number of unbranched alkanes of at least 4 members (excludes halogenated alkanes) is 5. The maximum Gasteiger partial charge on any atom is 0.333 e. The van der Waals surface area contributed by atoms with Gasteiger partial charge >= 0.3 is 5.97 Å². The van der Waals surface area contributed by atoms with Crippen LogP contribution < -0.4 is 5.73 Å². The monoisotopic (exact) mass is 213 g/mol. The fraction of sp³-hybridized carbons (Fsp3) is 0.750. The lowest BCUT2D eigenvalue weighted by Crippen LogP contribution is -2.06. The van der Waals surface area contributed by atoms with Crippen molar-refractivity contribution in [2.45, 2.75) is 45.4 Å². The van der Waals surface area contributed by atoms with E-state index in [9.17, 15) is 4.79 Å². The summed E-state index contributed by atoms with van der Waals surface area (Å²) in [5.74, 6) is -0.280. The quantitative estimate of drug-likeness (QED) is 0.363. The fourth-order valence-electron chi connectivity index (χ4n) is 1.24. The molecule has 0 atom stereocenters. The zero-order chi connectivity index (χ0) is 11.5.